The Morgan fingerprint density at radius 1 is 1.20 bits per heavy atom. The summed E-state index contributed by atoms with van der Waals surface area (Å²) in [4.78, 5) is 26.6. The van der Waals surface area contributed by atoms with Gasteiger partial charge in [0.2, 0.25) is 5.91 Å². The van der Waals surface area contributed by atoms with Crippen molar-refractivity contribution in [2.24, 2.45) is 5.92 Å². The lowest BCUT2D eigenvalue weighted by molar-refractivity contribution is -0.148. The lowest BCUT2D eigenvalue weighted by atomic mass is 9.81. The SMILES string of the molecule is CC1COc2cc(C(=O)NO)ccc2CN1C(=O)C1CC(OCc2ccccc2)C1. The fourth-order valence-corrected chi connectivity index (χ4v) is 3.89. The average molecular weight is 410 g/mol. The Hall–Kier alpha value is -2.90. The molecule has 1 fully saturated rings. The molecule has 2 aromatic carbocycles. The minimum Gasteiger partial charge on any atom is -0.491 e. The van der Waals surface area contributed by atoms with E-state index in [1.54, 1.807) is 23.7 Å². The van der Waals surface area contributed by atoms with Gasteiger partial charge in [0.15, 0.2) is 0 Å². The van der Waals surface area contributed by atoms with Crippen molar-refractivity contribution in [3.05, 3.63) is 65.2 Å². The smallest absolute Gasteiger partial charge is 0.274 e. The number of carbonyl (C=O) groups is 2. The molecule has 2 aromatic rings. The minimum absolute atomic E-state index is 0.0331. The number of benzene rings is 2. The number of nitrogens with one attached hydrogen (secondary N) is 1. The Bertz CT molecular complexity index is 911. The van der Waals surface area contributed by atoms with Crippen LogP contribution in [0.25, 0.3) is 0 Å². The third-order valence-electron chi connectivity index (χ3n) is 5.84. The van der Waals surface area contributed by atoms with E-state index >= 15 is 0 Å². The summed E-state index contributed by atoms with van der Waals surface area (Å²) in [5.74, 6) is 0.0588. The summed E-state index contributed by atoms with van der Waals surface area (Å²) in [5.41, 5.74) is 3.91. The van der Waals surface area contributed by atoms with Crippen molar-refractivity contribution in [1.82, 2.24) is 10.4 Å². The molecule has 2 amide bonds. The van der Waals surface area contributed by atoms with Gasteiger partial charge in [-0.25, -0.2) is 5.48 Å². The molecule has 1 atom stereocenters. The maximum Gasteiger partial charge on any atom is 0.274 e. The molecule has 7 nitrogen and oxygen atoms in total. The highest BCUT2D eigenvalue weighted by Gasteiger charge is 2.39. The number of amides is 2. The highest BCUT2D eigenvalue weighted by Crippen LogP contribution is 2.35. The number of fused-ring (bicyclic) bond motifs is 1. The Kier molecular flexibility index (Phi) is 6.01. The van der Waals surface area contributed by atoms with Gasteiger partial charge in [0.25, 0.3) is 5.91 Å². The second kappa shape index (κ2) is 8.85. The number of hydrogen-bond acceptors (Lipinski definition) is 5. The summed E-state index contributed by atoms with van der Waals surface area (Å²) < 4.78 is 11.8. The summed E-state index contributed by atoms with van der Waals surface area (Å²) in [5, 5.41) is 8.82. The van der Waals surface area contributed by atoms with Crippen LogP contribution in [-0.4, -0.2) is 40.7 Å². The highest BCUT2D eigenvalue weighted by atomic mass is 16.5. The number of rotatable bonds is 5. The van der Waals surface area contributed by atoms with Crippen molar-refractivity contribution in [3.8, 4) is 5.75 Å². The molecule has 30 heavy (non-hydrogen) atoms. The molecule has 0 bridgehead atoms. The fourth-order valence-electron chi connectivity index (χ4n) is 3.89. The summed E-state index contributed by atoms with van der Waals surface area (Å²) in [6.45, 7) is 3.32. The molecule has 0 spiro atoms. The van der Waals surface area contributed by atoms with Crippen LogP contribution in [0.2, 0.25) is 0 Å². The van der Waals surface area contributed by atoms with Crippen LogP contribution in [0.15, 0.2) is 48.5 Å². The Balaban J connectivity index is 1.35. The summed E-state index contributed by atoms with van der Waals surface area (Å²) >= 11 is 0. The lowest BCUT2D eigenvalue weighted by Crippen LogP contribution is -2.48. The predicted octanol–water partition coefficient (Wildman–Crippen LogP) is 2.91. The largest absolute Gasteiger partial charge is 0.491 e. The van der Waals surface area contributed by atoms with E-state index in [0.29, 0.717) is 31.1 Å². The third kappa shape index (κ3) is 4.32. The molecule has 1 aliphatic carbocycles. The maximum absolute atomic E-state index is 13.1. The van der Waals surface area contributed by atoms with Gasteiger partial charge in [-0.1, -0.05) is 36.4 Å². The van der Waals surface area contributed by atoms with Crippen LogP contribution >= 0.6 is 0 Å². The van der Waals surface area contributed by atoms with Gasteiger partial charge in [-0.3, -0.25) is 14.8 Å². The molecular formula is C23H26N2O5. The molecule has 1 aliphatic heterocycles. The minimum atomic E-state index is -0.595. The molecular weight excluding hydrogens is 384 g/mol. The van der Waals surface area contributed by atoms with Crippen molar-refractivity contribution < 1.29 is 24.3 Å². The molecule has 158 valence electrons. The van der Waals surface area contributed by atoms with E-state index in [1.165, 1.54) is 0 Å². The first-order valence-corrected chi connectivity index (χ1v) is 10.2. The third-order valence-corrected chi connectivity index (χ3v) is 5.84. The predicted molar refractivity (Wildman–Crippen MR) is 109 cm³/mol. The molecule has 2 N–H and O–H groups in total. The monoisotopic (exact) mass is 410 g/mol. The van der Waals surface area contributed by atoms with E-state index in [9.17, 15) is 9.59 Å². The molecule has 1 unspecified atom stereocenters. The van der Waals surface area contributed by atoms with Crippen molar-refractivity contribution in [1.29, 1.82) is 0 Å². The zero-order valence-electron chi connectivity index (χ0n) is 16.9. The molecule has 0 saturated heterocycles. The molecule has 0 aromatic heterocycles. The van der Waals surface area contributed by atoms with Gasteiger partial charge >= 0.3 is 0 Å². The number of ether oxygens (including phenoxy) is 2. The van der Waals surface area contributed by atoms with Crippen molar-refractivity contribution >= 4 is 11.8 Å². The average Bonchev–Trinajstić information content (AvgIpc) is 2.91. The van der Waals surface area contributed by atoms with Gasteiger partial charge in [0, 0.05) is 23.6 Å². The Labute approximate surface area is 175 Å². The zero-order valence-corrected chi connectivity index (χ0v) is 16.9. The van der Waals surface area contributed by atoms with E-state index in [1.807, 2.05) is 42.2 Å². The molecule has 1 heterocycles. The zero-order chi connectivity index (χ0) is 21.1. The molecule has 2 aliphatic rings. The molecule has 1 saturated carbocycles. The molecule has 7 heteroatoms. The first kappa shape index (κ1) is 20.4. The number of nitrogens with zero attached hydrogens (tertiary/aromatic N) is 1. The normalized spacial score (nSPS) is 22.9. The van der Waals surface area contributed by atoms with E-state index in [4.69, 9.17) is 14.7 Å². The van der Waals surface area contributed by atoms with Gasteiger partial charge in [-0.2, -0.15) is 0 Å². The van der Waals surface area contributed by atoms with Crippen LogP contribution in [0.4, 0.5) is 0 Å². The van der Waals surface area contributed by atoms with Gasteiger partial charge < -0.3 is 14.4 Å². The summed E-state index contributed by atoms with van der Waals surface area (Å²) in [6, 6.07) is 14.9. The highest BCUT2D eigenvalue weighted by molar-refractivity contribution is 5.93. The molecule has 0 radical (unpaired) electrons. The van der Waals surface area contributed by atoms with Gasteiger partial charge in [-0.15, -0.1) is 0 Å². The summed E-state index contributed by atoms with van der Waals surface area (Å²) in [6.07, 6.45) is 1.58. The lowest BCUT2D eigenvalue weighted by Gasteiger charge is -2.38. The fraction of sp³-hybridized carbons (Fsp3) is 0.391. The van der Waals surface area contributed by atoms with Crippen LogP contribution in [0.3, 0.4) is 0 Å². The second-order valence-corrected chi connectivity index (χ2v) is 7.98. The van der Waals surface area contributed by atoms with Crippen LogP contribution in [0.1, 0.15) is 41.3 Å². The first-order valence-electron chi connectivity index (χ1n) is 10.2. The van der Waals surface area contributed by atoms with Gasteiger partial charge in [-0.05, 0) is 37.5 Å². The van der Waals surface area contributed by atoms with Gasteiger partial charge in [0.1, 0.15) is 12.4 Å². The standard InChI is InChI=1S/C23H26N2O5/c1-15-13-30-21-11-17(22(26)24-28)7-8-18(21)12-25(15)23(27)19-9-20(10-19)29-14-16-5-3-2-4-6-16/h2-8,11,15,19-20,28H,9-10,12-14H2,1H3,(H,24,26). The van der Waals surface area contributed by atoms with Crippen LogP contribution in [0.5, 0.6) is 5.75 Å². The quantitative estimate of drug-likeness (QED) is 0.585. The van der Waals surface area contributed by atoms with Crippen LogP contribution in [-0.2, 0) is 22.7 Å². The number of carbonyl (C=O) groups excluding carboxylic acids is 2. The second-order valence-electron chi connectivity index (χ2n) is 7.98. The number of hydrogen-bond donors (Lipinski definition) is 2. The maximum atomic E-state index is 13.1. The Morgan fingerprint density at radius 3 is 2.70 bits per heavy atom. The van der Waals surface area contributed by atoms with E-state index in [2.05, 4.69) is 0 Å². The van der Waals surface area contributed by atoms with Crippen molar-refractivity contribution in [2.45, 2.75) is 45.1 Å². The van der Waals surface area contributed by atoms with E-state index in [0.717, 1.165) is 24.0 Å². The Morgan fingerprint density at radius 2 is 1.97 bits per heavy atom. The van der Waals surface area contributed by atoms with Crippen molar-refractivity contribution in [2.75, 3.05) is 6.61 Å². The van der Waals surface area contributed by atoms with E-state index in [-0.39, 0.29) is 24.0 Å². The van der Waals surface area contributed by atoms with Crippen molar-refractivity contribution in [3.63, 3.8) is 0 Å². The van der Waals surface area contributed by atoms with Crippen LogP contribution in [0, 0.1) is 5.92 Å². The van der Waals surface area contributed by atoms with Gasteiger partial charge in [0.05, 0.1) is 18.8 Å². The first-order chi connectivity index (χ1) is 14.5. The topological polar surface area (TPSA) is 88.1 Å². The van der Waals surface area contributed by atoms with E-state index < -0.39 is 5.91 Å². The molecule has 4 rings (SSSR count). The number of hydroxylamine groups is 1. The van der Waals surface area contributed by atoms with Crippen LogP contribution < -0.4 is 10.2 Å². The summed E-state index contributed by atoms with van der Waals surface area (Å²) in [7, 11) is 0.